The van der Waals surface area contributed by atoms with Gasteiger partial charge in [0.1, 0.15) is 0 Å². The van der Waals surface area contributed by atoms with E-state index in [0.29, 0.717) is 5.56 Å². The number of carbonyl (C=O) groups is 1. The molecule has 1 heterocycles. The van der Waals surface area contributed by atoms with Gasteiger partial charge in [0.2, 0.25) is 5.69 Å². The highest BCUT2D eigenvalue weighted by molar-refractivity contribution is 5.89. The number of aromatic carboxylic acids is 1. The molecule has 0 aliphatic rings. The van der Waals surface area contributed by atoms with Crippen molar-refractivity contribution in [2.24, 2.45) is 0 Å². The van der Waals surface area contributed by atoms with Gasteiger partial charge in [0.25, 0.3) is 0 Å². The van der Waals surface area contributed by atoms with Crippen LogP contribution in [0.25, 0.3) is 5.69 Å². The van der Waals surface area contributed by atoms with Gasteiger partial charge in [-0.1, -0.05) is 44.4 Å². The fourth-order valence-corrected chi connectivity index (χ4v) is 2.81. The summed E-state index contributed by atoms with van der Waals surface area (Å²) in [6, 6.07) is 11.8. The maximum atomic E-state index is 11.5. The maximum Gasteiger partial charge on any atom is 0.336 e. The molecular formula is C19H24NO2+. The Kier molecular flexibility index (Phi) is 5.70. The number of pyridine rings is 1. The second kappa shape index (κ2) is 7.74. The van der Waals surface area contributed by atoms with Crippen molar-refractivity contribution in [2.75, 3.05) is 0 Å². The van der Waals surface area contributed by atoms with E-state index in [0.717, 1.165) is 36.2 Å². The number of hydrogen-bond acceptors (Lipinski definition) is 1. The lowest BCUT2D eigenvalue weighted by molar-refractivity contribution is -0.603. The molecule has 1 aromatic carbocycles. The topological polar surface area (TPSA) is 41.2 Å². The van der Waals surface area contributed by atoms with Gasteiger partial charge < -0.3 is 5.11 Å². The Labute approximate surface area is 132 Å². The number of hydrogen-bond donors (Lipinski definition) is 1. The molecule has 116 valence electrons. The van der Waals surface area contributed by atoms with E-state index in [-0.39, 0.29) is 0 Å². The number of carboxylic acids is 1. The zero-order chi connectivity index (χ0) is 15.9. The van der Waals surface area contributed by atoms with Gasteiger partial charge in [-0.3, -0.25) is 0 Å². The molecule has 0 atom stereocenters. The third kappa shape index (κ3) is 3.73. The SMILES string of the molecule is CCCCCCc1c(C(=O)O)cc[n+](-c2ccccc2)c1C. The number of unbranched alkanes of at least 4 members (excludes halogenated alkanes) is 3. The van der Waals surface area contributed by atoms with Gasteiger partial charge in [-0.2, -0.15) is 4.57 Å². The molecule has 22 heavy (non-hydrogen) atoms. The molecule has 3 nitrogen and oxygen atoms in total. The van der Waals surface area contributed by atoms with E-state index in [4.69, 9.17) is 0 Å². The number of carboxylic acid groups (broad SMARTS) is 1. The highest BCUT2D eigenvalue weighted by Gasteiger charge is 2.21. The lowest BCUT2D eigenvalue weighted by Crippen LogP contribution is -2.36. The summed E-state index contributed by atoms with van der Waals surface area (Å²) in [5.74, 6) is -0.839. The number of para-hydroxylation sites is 1. The van der Waals surface area contributed by atoms with Gasteiger partial charge in [0.15, 0.2) is 11.9 Å². The van der Waals surface area contributed by atoms with E-state index < -0.39 is 5.97 Å². The van der Waals surface area contributed by atoms with Gasteiger partial charge in [-0.15, -0.1) is 0 Å². The minimum Gasteiger partial charge on any atom is -0.478 e. The summed E-state index contributed by atoms with van der Waals surface area (Å²) in [7, 11) is 0. The van der Waals surface area contributed by atoms with Gasteiger partial charge in [0.05, 0.1) is 5.56 Å². The first-order valence-corrected chi connectivity index (χ1v) is 7.98. The quantitative estimate of drug-likeness (QED) is 0.618. The summed E-state index contributed by atoms with van der Waals surface area (Å²) in [6.45, 7) is 4.19. The molecule has 0 amide bonds. The molecule has 0 spiro atoms. The Hall–Kier alpha value is -2.16. The fourth-order valence-electron chi connectivity index (χ4n) is 2.81. The van der Waals surface area contributed by atoms with E-state index in [9.17, 15) is 9.90 Å². The predicted octanol–water partition coefficient (Wildman–Crippen LogP) is 4.09. The monoisotopic (exact) mass is 298 g/mol. The molecular weight excluding hydrogens is 274 g/mol. The van der Waals surface area contributed by atoms with Crippen LogP contribution >= 0.6 is 0 Å². The first-order chi connectivity index (χ1) is 10.6. The van der Waals surface area contributed by atoms with E-state index in [2.05, 4.69) is 11.5 Å². The summed E-state index contributed by atoms with van der Waals surface area (Å²) in [5.41, 5.74) is 3.46. The van der Waals surface area contributed by atoms with Crippen LogP contribution in [0.2, 0.25) is 0 Å². The minimum atomic E-state index is -0.839. The zero-order valence-corrected chi connectivity index (χ0v) is 13.4. The van der Waals surface area contributed by atoms with Crippen LogP contribution in [0.3, 0.4) is 0 Å². The van der Waals surface area contributed by atoms with Crippen LogP contribution in [-0.4, -0.2) is 11.1 Å². The molecule has 0 unspecified atom stereocenters. The second-order valence-corrected chi connectivity index (χ2v) is 5.61. The largest absolute Gasteiger partial charge is 0.478 e. The first kappa shape index (κ1) is 16.2. The molecule has 0 saturated carbocycles. The number of benzene rings is 1. The molecule has 0 aliphatic carbocycles. The van der Waals surface area contributed by atoms with Crippen LogP contribution in [0, 0.1) is 6.92 Å². The molecule has 2 rings (SSSR count). The van der Waals surface area contributed by atoms with E-state index in [1.807, 2.05) is 43.5 Å². The zero-order valence-electron chi connectivity index (χ0n) is 13.4. The Morgan fingerprint density at radius 2 is 1.82 bits per heavy atom. The summed E-state index contributed by atoms with van der Waals surface area (Å²) in [4.78, 5) is 11.5. The Morgan fingerprint density at radius 1 is 1.09 bits per heavy atom. The summed E-state index contributed by atoms with van der Waals surface area (Å²) < 4.78 is 2.07. The molecule has 1 aromatic heterocycles. The van der Waals surface area contributed by atoms with Gasteiger partial charge in [-0.25, -0.2) is 4.79 Å². The number of nitrogens with zero attached hydrogens (tertiary/aromatic N) is 1. The Balaban J connectivity index is 2.37. The van der Waals surface area contributed by atoms with Crippen LogP contribution in [0.1, 0.15) is 54.2 Å². The van der Waals surface area contributed by atoms with Gasteiger partial charge in [-0.05, 0) is 12.8 Å². The molecule has 1 N–H and O–H groups in total. The van der Waals surface area contributed by atoms with Crippen molar-refractivity contribution in [3.63, 3.8) is 0 Å². The van der Waals surface area contributed by atoms with Crippen molar-refractivity contribution >= 4 is 5.97 Å². The van der Waals surface area contributed by atoms with E-state index in [1.165, 1.54) is 12.8 Å². The van der Waals surface area contributed by atoms with Crippen molar-refractivity contribution in [3.05, 3.63) is 59.4 Å². The van der Waals surface area contributed by atoms with Crippen LogP contribution in [-0.2, 0) is 6.42 Å². The van der Waals surface area contributed by atoms with Crippen molar-refractivity contribution in [2.45, 2.75) is 46.0 Å². The molecule has 0 bridgehead atoms. The van der Waals surface area contributed by atoms with Crippen LogP contribution in [0.4, 0.5) is 0 Å². The molecule has 0 fully saturated rings. The normalized spacial score (nSPS) is 10.6. The molecule has 2 aromatic rings. The highest BCUT2D eigenvalue weighted by Crippen LogP contribution is 2.17. The third-order valence-corrected chi connectivity index (χ3v) is 4.06. The van der Waals surface area contributed by atoms with Gasteiger partial charge >= 0.3 is 5.97 Å². The van der Waals surface area contributed by atoms with E-state index >= 15 is 0 Å². The first-order valence-electron chi connectivity index (χ1n) is 7.98. The molecule has 0 saturated heterocycles. The number of aromatic nitrogens is 1. The predicted molar refractivity (Wildman–Crippen MR) is 87.5 cm³/mol. The second-order valence-electron chi connectivity index (χ2n) is 5.61. The summed E-state index contributed by atoms with van der Waals surface area (Å²) in [6.07, 6.45) is 7.24. The maximum absolute atomic E-state index is 11.5. The lowest BCUT2D eigenvalue weighted by atomic mass is 9.99. The lowest BCUT2D eigenvalue weighted by Gasteiger charge is -2.09. The smallest absolute Gasteiger partial charge is 0.336 e. The third-order valence-electron chi connectivity index (χ3n) is 4.06. The Bertz CT molecular complexity index is 635. The molecule has 3 heteroatoms. The summed E-state index contributed by atoms with van der Waals surface area (Å²) >= 11 is 0. The highest BCUT2D eigenvalue weighted by atomic mass is 16.4. The fraction of sp³-hybridized carbons (Fsp3) is 0.368. The minimum absolute atomic E-state index is 0.432. The standard InChI is InChI=1S/C19H23NO2/c1-3-4-5-9-12-17-15(2)20(14-13-18(17)19(21)22)16-10-7-6-8-11-16/h6-8,10-11,13-14H,3-5,9,12H2,1-2H3/p+1. The van der Waals surface area contributed by atoms with Crippen molar-refractivity contribution < 1.29 is 14.5 Å². The van der Waals surface area contributed by atoms with Crippen molar-refractivity contribution in [1.82, 2.24) is 0 Å². The molecule has 0 radical (unpaired) electrons. The van der Waals surface area contributed by atoms with E-state index in [1.54, 1.807) is 6.07 Å². The Morgan fingerprint density at radius 3 is 2.45 bits per heavy atom. The molecule has 0 aliphatic heterocycles. The number of rotatable bonds is 7. The summed E-state index contributed by atoms with van der Waals surface area (Å²) in [5, 5.41) is 9.44. The van der Waals surface area contributed by atoms with Crippen molar-refractivity contribution in [1.29, 1.82) is 0 Å². The van der Waals surface area contributed by atoms with Crippen LogP contribution < -0.4 is 4.57 Å². The van der Waals surface area contributed by atoms with Crippen molar-refractivity contribution in [3.8, 4) is 5.69 Å². The average molecular weight is 298 g/mol. The van der Waals surface area contributed by atoms with Gasteiger partial charge in [0, 0.05) is 30.7 Å². The van der Waals surface area contributed by atoms with Crippen LogP contribution in [0.5, 0.6) is 0 Å². The average Bonchev–Trinajstić information content (AvgIpc) is 2.53. The van der Waals surface area contributed by atoms with Crippen LogP contribution in [0.15, 0.2) is 42.6 Å².